The van der Waals surface area contributed by atoms with Crippen molar-refractivity contribution in [1.29, 1.82) is 0 Å². The van der Waals surface area contributed by atoms with Crippen LogP contribution in [0, 0.1) is 17.8 Å². The lowest BCUT2D eigenvalue weighted by Crippen LogP contribution is -2.06. The molecule has 0 radical (unpaired) electrons. The maximum absolute atomic E-state index is 5.56. The van der Waals surface area contributed by atoms with Crippen LogP contribution in [0.5, 0.6) is 5.75 Å². The number of halogens is 2. The first kappa shape index (κ1) is 13.0. The lowest BCUT2D eigenvalue weighted by Gasteiger charge is -2.20. The van der Waals surface area contributed by atoms with Gasteiger partial charge in [0.25, 0.3) is 0 Å². The van der Waals surface area contributed by atoms with Gasteiger partial charge in [-0.25, -0.2) is 0 Å². The summed E-state index contributed by atoms with van der Waals surface area (Å²) < 4.78 is 6.62. The fraction of sp³-hybridized carbons (Fsp3) is 0.600. The van der Waals surface area contributed by atoms with Gasteiger partial charge in [0.1, 0.15) is 5.75 Å². The molecule has 2 aliphatic rings. The van der Waals surface area contributed by atoms with Crippen LogP contribution in [0.1, 0.15) is 36.6 Å². The molecule has 0 bridgehead atoms. The zero-order valence-corrected chi connectivity index (χ0v) is 13.7. The molecule has 0 saturated heterocycles. The molecular weight excluding hydrogens is 356 g/mol. The molecule has 3 unspecified atom stereocenters. The van der Waals surface area contributed by atoms with Crippen LogP contribution in [-0.2, 0) is 0 Å². The second-order valence-electron chi connectivity index (χ2n) is 5.51. The summed E-state index contributed by atoms with van der Waals surface area (Å²) >= 11 is 7.50. The zero-order chi connectivity index (χ0) is 12.7. The summed E-state index contributed by atoms with van der Waals surface area (Å²) in [7, 11) is 0. The fourth-order valence-corrected chi connectivity index (χ4v) is 4.46. The van der Waals surface area contributed by atoms with Crippen molar-refractivity contribution in [3.05, 3.63) is 28.2 Å². The number of ether oxygens (including phenoxy) is 1. The Morgan fingerprint density at radius 2 is 2.00 bits per heavy atom. The molecule has 3 rings (SSSR count). The van der Waals surface area contributed by atoms with Gasteiger partial charge >= 0.3 is 0 Å². The van der Waals surface area contributed by atoms with Gasteiger partial charge in [-0.1, -0.05) is 22.0 Å². The van der Waals surface area contributed by atoms with E-state index in [1.54, 1.807) is 0 Å². The molecule has 2 aliphatic carbocycles. The normalized spacial score (nSPS) is 30.9. The zero-order valence-electron chi connectivity index (χ0n) is 10.5. The lowest BCUT2D eigenvalue weighted by atomic mass is 9.94. The third-order valence-corrected chi connectivity index (χ3v) is 6.16. The molecular formula is C15H18Br2O. The highest BCUT2D eigenvalue weighted by Crippen LogP contribution is 2.58. The van der Waals surface area contributed by atoms with Gasteiger partial charge in [-0.3, -0.25) is 0 Å². The number of rotatable bonds is 4. The van der Waals surface area contributed by atoms with Crippen molar-refractivity contribution in [3.8, 4) is 5.75 Å². The van der Waals surface area contributed by atoms with Gasteiger partial charge in [-0.2, -0.15) is 0 Å². The van der Waals surface area contributed by atoms with Gasteiger partial charge in [0, 0.05) is 4.83 Å². The summed E-state index contributed by atoms with van der Waals surface area (Å²) in [5.74, 6) is 3.84. The number of hydrogen-bond acceptors (Lipinski definition) is 1. The maximum Gasteiger partial charge on any atom is 0.133 e. The Kier molecular flexibility index (Phi) is 3.72. The molecule has 0 amide bonds. The molecule has 98 valence electrons. The van der Waals surface area contributed by atoms with Crippen LogP contribution >= 0.6 is 31.9 Å². The number of benzene rings is 1. The Hall–Kier alpha value is -0.0200. The molecule has 2 fully saturated rings. The molecule has 0 aliphatic heterocycles. The van der Waals surface area contributed by atoms with Gasteiger partial charge < -0.3 is 4.74 Å². The van der Waals surface area contributed by atoms with Gasteiger partial charge in [-0.05, 0) is 77.6 Å². The van der Waals surface area contributed by atoms with E-state index < -0.39 is 0 Å². The van der Waals surface area contributed by atoms with Crippen LogP contribution in [0.15, 0.2) is 22.7 Å². The molecule has 0 N–H and O–H groups in total. The largest absolute Gasteiger partial charge is 0.493 e. The minimum atomic E-state index is 0.497. The number of alkyl halides is 1. The van der Waals surface area contributed by atoms with Crippen molar-refractivity contribution < 1.29 is 4.74 Å². The first-order valence-corrected chi connectivity index (χ1v) is 8.46. The van der Waals surface area contributed by atoms with Crippen molar-refractivity contribution >= 4 is 31.9 Å². The molecule has 2 saturated carbocycles. The smallest absolute Gasteiger partial charge is 0.133 e. The monoisotopic (exact) mass is 372 g/mol. The standard InChI is InChI=1S/C15H18Br2O/c1-2-18-14-4-3-9(8-13(14)16)15(17)12-6-10-5-11(10)7-12/h3-4,8,10-12,15H,2,5-7H2,1H3. The van der Waals surface area contributed by atoms with Gasteiger partial charge in [0.2, 0.25) is 0 Å². The summed E-state index contributed by atoms with van der Waals surface area (Å²) in [5.41, 5.74) is 1.37. The van der Waals surface area contributed by atoms with Gasteiger partial charge in [0.05, 0.1) is 11.1 Å². The Morgan fingerprint density at radius 3 is 2.61 bits per heavy atom. The molecule has 1 aromatic rings. The van der Waals surface area contributed by atoms with Gasteiger partial charge in [-0.15, -0.1) is 0 Å². The average Bonchev–Trinajstić information content (AvgIpc) is 2.98. The predicted octanol–water partition coefficient (Wildman–Crippen LogP) is 5.33. The van der Waals surface area contributed by atoms with Crippen molar-refractivity contribution in [2.45, 2.75) is 31.0 Å². The van der Waals surface area contributed by atoms with Crippen LogP contribution < -0.4 is 4.74 Å². The van der Waals surface area contributed by atoms with E-state index in [2.05, 4.69) is 50.1 Å². The molecule has 1 aromatic carbocycles. The quantitative estimate of drug-likeness (QED) is 0.648. The van der Waals surface area contributed by atoms with Crippen molar-refractivity contribution in [1.82, 2.24) is 0 Å². The highest BCUT2D eigenvalue weighted by atomic mass is 79.9. The molecule has 3 atom stereocenters. The average molecular weight is 374 g/mol. The van der Waals surface area contributed by atoms with Crippen LogP contribution in [0.4, 0.5) is 0 Å². The second-order valence-corrected chi connectivity index (χ2v) is 7.35. The molecule has 1 nitrogen and oxygen atoms in total. The van der Waals surface area contributed by atoms with E-state index in [0.29, 0.717) is 11.4 Å². The van der Waals surface area contributed by atoms with Crippen LogP contribution in [0.2, 0.25) is 0 Å². The first-order valence-electron chi connectivity index (χ1n) is 6.75. The first-order chi connectivity index (χ1) is 8.69. The maximum atomic E-state index is 5.56. The Morgan fingerprint density at radius 1 is 1.28 bits per heavy atom. The fourth-order valence-electron chi connectivity index (χ4n) is 3.23. The summed E-state index contributed by atoms with van der Waals surface area (Å²) in [4.78, 5) is 0.497. The summed E-state index contributed by atoms with van der Waals surface area (Å²) in [5, 5.41) is 0. The van der Waals surface area contributed by atoms with Crippen LogP contribution in [0.25, 0.3) is 0 Å². The number of hydrogen-bond donors (Lipinski definition) is 0. The van der Waals surface area contributed by atoms with Crippen molar-refractivity contribution in [2.24, 2.45) is 17.8 Å². The van der Waals surface area contributed by atoms with E-state index in [1.165, 1.54) is 24.8 Å². The molecule has 18 heavy (non-hydrogen) atoms. The number of fused-ring (bicyclic) bond motifs is 1. The van der Waals surface area contributed by atoms with Gasteiger partial charge in [0.15, 0.2) is 0 Å². The minimum absolute atomic E-state index is 0.497. The minimum Gasteiger partial charge on any atom is -0.493 e. The Balaban J connectivity index is 1.73. The topological polar surface area (TPSA) is 9.23 Å². The van der Waals surface area contributed by atoms with Crippen molar-refractivity contribution in [3.63, 3.8) is 0 Å². The van der Waals surface area contributed by atoms with E-state index in [4.69, 9.17) is 4.74 Å². The summed E-state index contributed by atoms with van der Waals surface area (Å²) in [6.45, 7) is 2.72. The highest BCUT2D eigenvalue weighted by Gasteiger charge is 2.47. The summed E-state index contributed by atoms with van der Waals surface area (Å²) in [6, 6.07) is 6.47. The van der Waals surface area contributed by atoms with Crippen LogP contribution in [-0.4, -0.2) is 6.61 Å². The summed E-state index contributed by atoms with van der Waals surface area (Å²) in [6.07, 6.45) is 4.31. The van der Waals surface area contributed by atoms with E-state index in [1.807, 2.05) is 6.92 Å². The predicted molar refractivity (Wildman–Crippen MR) is 81.3 cm³/mol. The van der Waals surface area contributed by atoms with Crippen molar-refractivity contribution in [2.75, 3.05) is 6.61 Å². The third kappa shape index (κ3) is 2.49. The van der Waals surface area contributed by atoms with E-state index in [9.17, 15) is 0 Å². The molecule has 0 spiro atoms. The molecule has 3 heteroatoms. The molecule has 0 heterocycles. The highest BCUT2D eigenvalue weighted by molar-refractivity contribution is 9.10. The second kappa shape index (κ2) is 5.16. The molecule has 0 aromatic heterocycles. The third-order valence-electron chi connectivity index (χ3n) is 4.27. The van der Waals surface area contributed by atoms with E-state index in [0.717, 1.165) is 28.0 Å². The SMILES string of the molecule is CCOc1ccc(C(Br)C2CC3CC3C2)cc1Br. The lowest BCUT2D eigenvalue weighted by molar-refractivity contribution is 0.338. The van der Waals surface area contributed by atoms with Crippen LogP contribution in [0.3, 0.4) is 0 Å². The van der Waals surface area contributed by atoms with E-state index >= 15 is 0 Å². The Bertz CT molecular complexity index is 436. The Labute approximate surface area is 126 Å². The van der Waals surface area contributed by atoms with E-state index in [-0.39, 0.29) is 0 Å².